The highest BCUT2D eigenvalue weighted by Crippen LogP contribution is 2.45. The summed E-state index contributed by atoms with van der Waals surface area (Å²) in [5, 5.41) is 5.61. The van der Waals surface area contributed by atoms with E-state index in [9.17, 15) is 26.7 Å². The van der Waals surface area contributed by atoms with Crippen molar-refractivity contribution in [1.82, 2.24) is 20.3 Å². The monoisotopic (exact) mass is 456 g/mol. The molecule has 0 saturated carbocycles. The van der Waals surface area contributed by atoms with Gasteiger partial charge in [-0.1, -0.05) is 0 Å². The summed E-state index contributed by atoms with van der Waals surface area (Å²) in [5.74, 6) is -5.64. The summed E-state index contributed by atoms with van der Waals surface area (Å²) in [6.07, 6.45) is -4.21. The molecule has 2 aliphatic heterocycles. The van der Waals surface area contributed by atoms with Crippen molar-refractivity contribution in [2.24, 2.45) is 0 Å². The van der Waals surface area contributed by atoms with E-state index in [1.807, 2.05) is 6.92 Å². The molecule has 7 nitrogen and oxygen atoms in total. The minimum Gasteiger partial charge on any atom is -0.354 e. The van der Waals surface area contributed by atoms with Gasteiger partial charge in [0.05, 0.1) is 22.9 Å². The summed E-state index contributed by atoms with van der Waals surface area (Å²) in [7, 11) is 0. The van der Waals surface area contributed by atoms with E-state index < -0.39 is 35.9 Å². The molecule has 2 N–H and O–H groups in total. The van der Waals surface area contributed by atoms with Gasteiger partial charge in [0.2, 0.25) is 5.91 Å². The Balaban J connectivity index is 1.90. The topological polar surface area (TPSA) is 83.0 Å². The molecule has 4 rings (SSSR count). The fourth-order valence-corrected chi connectivity index (χ4v) is 4.04. The maximum Gasteiger partial charge on any atom is 0.416 e. The maximum atomic E-state index is 14.4. The zero-order valence-electron chi connectivity index (χ0n) is 17.3. The Morgan fingerprint density at radius 3 is 2.56 bits per heavy atom. The fraction of sp³-hybridized carbons (Fsp3) is 0.500. The van der Waals surface area contributed by atoms with Crippen molar-refractivity contribution in [3.05, 3.63) is 29.6 Å². The SMILES string of the molecule is C[C@H]1CN(c2cc(C(F)(F)F)cc(-c3ncnc4c3[C@@H](C(C)(F)F)CC(=O)N4)n2)CCN1. The highest BCUT2D eigenvalue weighted by atomic mass is 19.4. The summed E-state index contributed by atoms with van der Waals surface area (Å²) < 4.78 is 69.9. The number of hydrogen-bond acceptors (Lipinski definition) is 6. The van der Waals surface area contributed by atoms with E-state index in [1.165, 1.54) is 0 Å². The number of nitrogens with one attached hydrogen (secondary N) is 2. The van der Waals surface area contributed by atoms with Crippen molar-refractivity contribution in [3.63, 3.8) is 0 Å². The number of aromatic nitrogens is 3. The Morgan fingerprint density at radius 2 is 1.91 bits per heavy atom. The summed E-state index contributed by atoms with van der Waals surface area (Å²) in [6.45, 7) is 3.99. The Hall–Kier alpha value is -2.89. The lowest BCUT2D eigenvalue weighted by atomic mass is 9.85. The Bertz CT molecular complexity index is 1040. The van der Waals surface area contributed by atoms with Gasteiger partial charge in [-0.15, -0.1) is 0 Å². The van der Waals surface area contributed by atoms with Crippen LogP contribution in [0, 0.1) is 0 Å². The molecular formula is C20H21F5N6O. The molecule has 0 aliphatic carbocycles. The van der Waals surface area contributed by atoms with Crippen molar-refractivity contribution in [2.75, 3.05) is 29.9 Å². The Labute approximate surface area is 180 Å². The Kier molecular flexibility index (Phi) is 5.51. The van der Waals surface area contributed by atoms with Gasteiger partial charge in [-0.2, -0.15) is 13.2 Å². The van der Waals surface area contributed by atoms with Crippen LogP contribution in [-0.2, 0) is 11.0 Å². The summed E-state index contributed by atoms with van der Waals surface area (Å²) >= 11 is 0. The van der Waals surface area contributed by atoms with E-state index in [0.717, 1.165) is 18.5 Å². The van der Waals surface area contributed by atoms with Crippen LogP contribution in [0.4, 0.5) is 33.6 Å². The minimum absolute atomic E-state index is 0.0359. The molecule has 0 spiro atoms. The van der Waals surface area contributed by atoms with Crippen LogP contribution in [0.5, 0.6) is 0 Å². The second kappa shape index (κ2) is 7.91. The van der Waals surface area contributed by atoms with Crippen LogP contribution in [0.3, 0.4) is 0 Å². The molecule has 4 heterocycles. The van der Waals surface area contributed by atoms with Crippen LogP contribution < -0.4 is 15.5 Å². The number of fused-ring (bicyclic) bond motifs is 1. The molecule has 0 aromatic carbocycles. The Morgan fingerprint density at radius 1 is 1.16 bits per heavy atom. The summed E-state index contributed by atoms with van der Waals surface area (Å²) in [5.41, 5.74) is -1.44. The van der Waals surface area contributed by atoms with Gasteiger partial charge in [0.15, 0.2) is 0 Å². The number of anilines is 2. The number of carbonyl (C=O) groups is 1. The summed E-state index contributed by atoms with van der Waals surface area (Å²) in [6, 6.07) is 1.77. The number of carbonyl (C=O) groups excluding carboxylic acids is 1. The van der Waals surface area contributed by atoms with Crippen molar-refractivity contribution in [2.45, 2.75) is 44.3 Å². The van der Waals surface area contributed by atoms with Gasteiger partial charge in [0.25, 0.3) is 5.92 Å². The van der Waals surface area contributed by atoms with Crippen molar-refractivity contribution in [1.29, 1.82) is 0 Å². The number of pyridine rings is 1. The lowest BCUT2D eigenvalue weighted by Crippen LogP contribution is -2.49. The second-order valence-electron chi connectivity index (χ2n) is 8.14. The van der Waals surface area contributed by atoms with Crippen molar-refractivity contribution < 1.29 is 26.7 Å². The number of alkyl halides is 5. The van der Waals surface area contributed by atoms with E-state index in [0.29, 0.717) is 26.6 Å². The smallest absolute Gasteiger partial charge is 0.354 e. The van der Waals surface area contributed by atoms with E-state index >= 15 is 0 Å². The van der Waals surface area contributed by atoms with Gasteiger partial charge in [-0.05, 0) is 26.0 Å². The predicted octanol–water partition coefficient (Wildman–Crippen LogP) is 3.44. The molecule has 2 atom stereocenters. The highest BCUT2D eigenvalue weighted by molar-refractivity contribution is 5.95. The number of piperazine rings is 1. The highest BCUT2D eigenvalue weighted by Gasteiger charge is 2.44. The van der Waals surface area contributed by atoms with Gasteiger partial charge in [0, 0.05) is 37.7 Å². The standard InChI is InChI=1S/C20H21F5N6O/c1-10-8-31(4-3-26-10)14-6-11(20(23,24)25)5-13(29-14)17-16-12(19(2,21)22)7-15(32)30-18(16)28-9-27-17/h5-6,9-10,12,26H,3-4,7-8H2,1-2H3,(H,27,28,30,32)/t10-,12-/m0/s1. The zero-order chi connectivity index (χ0) is 23.3. The average Bonchev–Trinajstić information content (AvgIpc) is 2.71. The fourth-order valence-electron chi connectivity index (χ4n) is 4.04. The third-order valence-electron chi connectivity index (χ3n) is 5.57. The van der Waals surface area contributed by atoms with Gasteiger partial charge in [-0.3, -0.25) is 4.79 Å². The summed E-state index contributed by atoms with van der Waals surface area (Å²) in [4.78, 5) is 25.9. The molecule has 32 heavy (non-hydrogen) atoms. The largest absolute Gasteiger partial charge is 0.416 e. The lowest BCUT2D eigenvalue weighted by Gasteiger charge is -2.33. The van der Waals surface area contributed by atoms with E-state index in [4.69, 9.17) is 0 Å². The van der Waals surface area contributed by atoms with Crippen LogP contribution in [0.2, 0.25) is 0 Å². The van der Waals surface area contributed by atoms with Crippen LogP contribution in [0.15, 0.2) is 18.5 Å². The van der Waals surface area contributed by atoms with Crippen LogP contribution in [0.1, 0.15) is 37.3 Å². The molecule has 1 fully saturated rings. The van der Waals surface area contributed by atoms with E-state index in [2.05, 4.69) is 25.6 Å². The molecule has 1 saturated heterocycles. The van der Waals surface area contributed by atoms with Crippen molar-refractivity contribution >= 4 is 17.5 Å². The maximum absolute atomic E-state index is 14.4. The van der Waals surface area contributed by atoms with E-state index in [-0.39, 0.29) is 34.6 Å². The molecule has 0 bridgehead atoms. The van der Waals surface area contributed by atoms with Crippen LogP contribution in [-0.4, -0.2) is 52.5 Å². The minimum atomic E-state index is -4.68. The molecule has 2 aromatic rings. The van der Waals surface area contributed by atoms with Gasteiger partial charge in [-0.25, -0.2) is 23.7 Å². The zero-order valence-corrected chi connectivity index (χ0v) is 17.3. The number of rotatable bonds is 3. The molecule has 12 heteroatoms. The molecule has 1 amide bonds. The molecular weight excluding hydrogens is 435 g/mol. The number of nitrogens with zero attached hydrogens (tertiary/aromatic N) is 4. The normalized spacial score (nSPS) is 21.8. The second-order valence-corrected chi connectivity index (χ2v) is 8.14. The van der Waals surface area contributed by atoms with E-state index in [1.54, 1.807) is 4.90 Å². The van der Waals surface area contributed by atoms with Crippen molar-refractivity contribution in [3.8, 4) is 11.4 Å². The average molecular weight is 456 g/mol. The molecule has 2 aliphatic rings. The first-order valence-corrected chi connectivity index (χ1v) is 10.0. The first-order chi connectivity index (χ1) is 14.9. The molecule has 172 valence electrons. The first kappa shape index (κ1) is 22.3. The third-order valence-corrected chi connectivity index (χ3v) is 5.57. The number of halogens is 5. The quantitative estimate of drug-likeness (QED) is 0.689. The third kappa shape index (κ3) is 4.36. The molecule has 0 unspecified atom stereocenters. The lowest BCUT2D eigenvalue weighted by molar-refractivity contribution is -0.137. The first-order valence-electron chi connectivity index (χ1n) is 10.0. The van der Waals surface area contributed by atoms with Gasteiger partial charge in [0.1, 0.15) is 18.0 Å². The molecule has 2 aromatic heterocycles. The van der Waals surface area contributed by atoms with Gasteiger partial charge >= 0.3 is 6.18 Å². The van der Waals surface area contributed by atoms with Gasteiger partial charge < -0.3 is 15.5 Å². The number of amides is 1. The molecule has 0 radical (unpaired) electrons. The van der Waals surface area contributed by atoms with Crippen LogP contribution in [0.25, 0.3) is 11.4 Å². The predicted molar refractivity (Wildman–Crippen MR) is 107 cm³/mol. The number of hydrogen-bond donors (Lipinski definition) is 2. The van der Waals surface area contributed by atoms with Crippen LogP contribution >= 0.6 is 0 Å².